The predicted molar refractivity (Wildman–Crippen MR) is 82.7 cm³/mol. The lowest BCUT2D eigenvalue weighted by atomic mass is 10.1. The Kier molecular flexibility index (Phi) is 4.66. The third kappa shape index (κ3) is 3.09. The van der Waals surface area contributed by atoms with Gasteiger partial charge in [-0.15, -0.1) is 6.58 Å². The molecule has 0 aliphatic rings. The van der Waals surface area contributed by atoms with E-state index in [1.165, 1.54) is 4.57 Å². The summed E-state index contributed by atoms with van der Waals surface area (Å²) < 4.78 is 1.69. The first kappa shape index (κ1) is 15.1. The van der Waals surface area contributed by atoms with Gasteiger partial charge in [-0.1, -0.05) is 6.08 Å². The highest BCUT2D eigenvalue weighted by Crippen LogP contribution is 2.11. The van der Waals surface area contributed by atoms with Gasteiger partial charge >= 0.3 is 0 Å². The van der Waals surface area contributed by atoms with Crippen LogP contribution in [0.5, 0.6) is 0 Å². The summed E-state index contributed by atoms with van der Waals surface area (Å²) in [5.74, 6) is -0.381. The van der Waals surface area contributed by atoms with Crippen LogP contribution in [0.25, 0.3) is 10.9 Å². The molecule has 21 heavy (non-hydrogen) atoms. The molecule has 0 spiro atoms. The molecule has 0 radical (unpaired) electrons. The van der Waals surface area contributed by atoms with Crippen molar-refractivity contribution in [3.63, 3.8) is 0 Å². The van der Waals surface area contributed by atoms with E-state index in [9.17, 15) is 9.59 Å². The van der Waals surface area contributed by atoms with Gasteiger partial charge < -0.3 is 4.98 Å². The van der Waals surface area contributed by atoms with Gasteiger partial charge in [0.05, 0.1) is 17.5 Å². The lowest BCUT2D eigenvalue weighted by molar-refractivity contribution is 0.0364. The number of aromatic amines is 1. The zero-order valence-electron chi connectivity index (χ0n) is 11.5. The topological polar surface area (TPSA) is 76.1 Å². The van der Waals surface area contributed by atoms with Crippen LogP contribution in [-0.4, -0.2) is 22.1 Å². The summed E-state index contributed by atoms with van der Waals surface area (Å²) in [6.45, 7) is 6.06. The molecule has 7 heteroatoms. The average Bonchev–Trinajstić information content (AvgIpc) is 2.48. The first-order valence-electron chi connectivity index (χ1n) is 6.38. The van der Waals surface area contributed by atoms with E-state index < -0.39 is 0 Å². The number of rotatable bonds is 5. The number of allylic oxidation sites excluding steroid dienone is 1. The molecule has 6 nitrogen and oxygen atoms in total. The molecular weight excluding hydrogens is 290 g/mol. The molecule has 2 aromatic rings. The van der Waals surface area contributed by atoms with Crippen molar-refractivity contribution in [1.82, 2.24) is 15.0 Å². The van der Waals surface area contributed by atoms with Gasteiger partial charge in [-0.05, 0) is 37.3 Å². The van der Waals surface area contributed by atoms with Gasteiger partial charge in [-0.2, -0.15) is 0 Å². The quantitative estimate of drug-likeness (QED) is 0.503. The third-order valence-electron chi connectivity index (χ3n) is 2.86. The Labute approximate surface area is 126 Å². The minimum Gasteiger partial charge on any atom is -0.332 e. The Morgan fingerprint density at radius 3 is 3.00 bits per heavy atom. The fourth-order valence-corrected chi connectivity index (χ4v) is 2.15. The molecule has 1 amide bonds. The number of carbonyl (C=O) groups is 1. The first-order valence-corrected chi connectivity index (χ1v) is 6.79. The van der Waals surface area contributed by atoms with Crippen LogP contribution in [0, 0.1) is 4.77 Å². The minimum absolute atomic E-state index is 0.217. The number of nitrogens with zero attached hydrogens (tertiary/aromatic N) is 1. The second-order valence-electron chi connectivity index (χ2n) is 4.26. The van der Waals surface area contributed by atoms with E-state index in [4.69, 9.17) is 17.1 Å². The van der Waals surface area contributed by atoms with Gasteiger partial charge in [-0.3, -0.25) is 19.0 Å². The minimum atomic E-state index is -0.381. The summed E-state index contributed by atoms with van der Waals surface area (Å²) in [6.07, 6.45) is 1.60. The summed E-state index contributed by atoms with van der Waals surface area (Å²) in [4.78, 5) is 31.9. The number of hydrogen-bond donors (Lipinski definition) is 2. The van der Waals surface area contributed by atoms with Gasteiger partial charge in [0.25, 0.3) is 11.5 Å². The molecule has 0 saturated heterocycles. The number of nitrogens with one attached hydrogen (secondary N) is 2. The number of amides is 1. The number of hydrogen-bond acceptors (Lipinski definition) is 4. The number of H-pyrrole nitrogens is 1. The molecule has 0 saturated carbocycles. The van der Waals surface area contributed by atoms with Crippen LogP contribution in [0.2, 0.25) is 0 Å². The first-order chi connectivity index (χ1) is 10.1. The predicted octanol–water partition coefficient (Wildman–Crippen LogP) is 1.93. The Hall–Kier alpha value is -2.25. The SMILES string of the molecule is C=CCn1c(=S)[nH]c2cc(C(=O)NOCC)ccc2c1=O. The highest BCUT2D eigenvalue weighted by Gasteiger charge is 2.09. The highest BCUT2D eigenvalue weighted by atomic mass is 32.1. The van der Waals surface area contributed by atoms with E-state index in [0.717, 1.165) is 0 Å². The Bertz CT molecular complexity index is 807. The van der Waals surface area contributed by atoms with Crippen LogP contribution < -0.4 is 11.0 Å². The molecule has 1 aromatic carbocycles. The van der Waals surface area contributed by atoms with E-state index in [1.807, 2.05) is 0 Å². The highest BCUT2D eigenvalue weighted by molar-refractivity contribution is 7.71. The lowest BCUT2D eigenvalue weighted by Crippen LogP contribution is -2.24. The average molecular weight is 305 g/mol. The largest absolute Gasteiger partial charge is 0.332 e. The number of fused-ring (bicyclic) bond motifs is 1. The summed E-state index contributed by atoms with van der Waals surface area (Å²) in [5, 5.41) is 0.457. The lowest BCUT2D eigenvalue weighted by Gasteiger charge is -2.07. The molecule has 0 atom stereocenters. The number of carbonyl (C=O) groups excluding carboxylic acids is 1. The zero-order chi connectivity index (χ0) is 15.4. The van der Waals surface area contributed by atoms with E-state index in [2.05, 4.69) is 17.0 Å². The van der Waals surface area contributed by atoms with Gasteiger partial charge in [0.1, 0.15) is 0 Å². The van der Waals surface area contributed by atoms with Crippen molar-refractivity contribution in [3.05, 3.63) is 51.5 Å². The molecular formula is C14H15N3O3S. The normalized spacial score (nSPS) is 10.5. The fourth-order valence-electron chi connectivity index (χ4n) is 1.89. The second-order valence-corrected chi connectivity index (χ2v) is 4.65. The van der Waals surface area contributed by atoms with Crippen LogP contribution in [0.1, 0.15) is 17.3 Å². The van der Waals surface area contributed by atoms with Crippen LogP contribution in [0.4, 0.5) is 0 Å². The molecule has 0 aliphatic heterocycles. The zero-order valence-corrected chi connectivity index (χ0v) is 12.3. The van der Waals surface area contributed by atoms with Crippen molar-refractivity contribution in [2.75, 3.05) is 6.61 Å². The summed E-state index contributed by atoms with van der Waals surface area (Å²) >= 11 is 5.15. The van der Waals surface area contributed by atoms with Crippen LogP contribution >= 0.6 is 12.2 Å². The standard InChI is InChI=1S/C14H15N3O3S/c1-3-7-17-13(19)10-6-5-9(12(18)16-20-4-2)8-11(10)15-14(17)21/h3,5-6,8H,1,4,7H2,2H3,(H,15,21)(H,16,18). The second kappa shape index (κ2) is 6.47. The van der Waals surface area contributed by atoms with Crippen LogP contribution in [0.15, 0.2) is 35.6 Å². The Morgan fingerprint density at radius 1 is 1.57 bits per heavy atom. The fraction of sp³-hybridized carbons (Fsp3) is 0.214. The van der Waals surface area contributed by atoms with Gasteiger partial charge in [-0.25, -0.2) is 5.48 Å². The molecule has 0 aliphatic carbocycles. The van der Waals surface area contributed by atoms with Crippen molar-refractivity contribution >= 4 is 29.0 Å². The van der Waals surface area contributed by atoms with Crippen molar-refractivity contribution in [3.8, 4) is 0 Å². The summed E-state index contributed by atoms with van der Waals surface area (Å²) in [7, 11) is 0. The summed E-state index contributed by atoms with van der Waals surface area (Å²) in [6, 6.07) is 4.72. The van der Waals surface area contributed by atoms with E-state index in [-0.39, 0.29) is 16.2 Å². The molecule has 0 fully saturated rings. The van der Waals surface area contributed by atoms with E-state index >= 15 is 0 Å². The molecule has 2 rings (SSSR count). The number of aromatic nitrogens is 2. The molecule has 0 unspecified atom stereocenters. The van der Waals surface area contributed by atoms with E-state index in [0.29, 0.717) is 29.6 Å². The Balaban J connectivity index is 2.53. The maximum absolute atomic E-state index is 12.3. The van der Waals surface area contributed by atoms with Gasteiger partial charge in [0.2, 0.25) is 0 Å². The maximum atomic E-state index is 12.3. The molecule has 1 heterocycles. The molecule has 2 N–H and O–H groups in total. The Morgan fingerprint density at radius 2 is 2.33 bits per heavy atom. The van der Waals surface area contributed by atoms with Crippen LogP contribution in [0.3, 0.4) is 0 Å². The monoisotopic (exact) mass is 305 g/mol. The summed E-state index contributed by atoms with van der Waals surface area (Å²) in [5.41, 5.74) is 2.97. The molecule has 0 bridgehead atoms. The number of benzene rings is 1. The van der Waals surface area contributed by atoms with Crippen molar-refractivity contribution < 1.29 is 9.63 Å². The van der Waals surface area contributed by atoms with E-state index in [1.54, 1.807) is 31.2 Å². The third-order valence-corrected chi connectivity index (χ3v) is 3.19. The van der Waals surface area contributed by atoms with Gasteiger partial charge in [0, 0.05) is 12.1 Å². The van der Waals surface area contributed by atoms with Crippen LogP contribution in [-0.2, 0) is 11.4 Å². The molecule has 110 valence electrons. The van der Waals surface area contributed by atoms with Gasteiger partial charge in [0.15, 0.2) is 4.77 Å². The maximum Gasteiger partial charge on any atom is 0.274 e. The van der Waals surface area contributed by atoms with Crippen molar-refractivity contribution in [1.29, 1.82) is 0 Å². The molecule has 1 aromatic heterocycles. The smallest absolute Gasteiger partial charge is 0.274 e. The van der Waals surface area contributed by atoms with Crippen molar-refractivity contribution in [2.24, 2.45) is 0 Å². The number of hydroxylamine groups is 1. The van der Waals surface area contributed by atoms with Crippen molar-refractivity contribution in [2.45, 2.75) is 13.5 Å².